The van der Waals surface area contributed by atoms with E-state index in [0.29, 0.717) is 12.3 Å². The molecular weight excluding hydrogens is 230 g/mol. The van der Waals surface area contributed by atoms with Gasteiger partial charge in [0, 0.05) is 23.1 Å². The summed E-state index contributed by atoms with van der Waals surface area (Å²) in [5, 5.41) is 3.01. The first-order valence-corrected chi connectivity index (χ1v) is 7.05. The molecule has 1 aromatic rings. The number of hydrogen-bond acceptors (Lipinski definition) is 2. The second-order valence-corrected chi connectivity index (χ2v) is 5.68. The van der Waals surface area contributed by atoms with Crippen molar-refractivity contribution in [3.8, 4) is 0 Å². The first kappa shape index (κ1) is 14.1. The molecule has 17 heavy (non-hydrogen) atoms. The van der Waals surface area contributed by atoms with Crippen LogP contribution < -0.4 is 5.32 Å². The van der Waals surface area contributed by atoms with E-state index in [1.165, 1.54) is 4.90 Å². The third-order valence-corrected chi connectivity index (χ3v) is 3.74. The smallest absolute Gasteiger partial charge is 0.221 e. The van der Waals surface area contributed by atoms with Gasteiger partial charge in [0.15, 0.2) is 0 Å². The van der Waals surface area contributed by atoms with Crippen molar-refractivity contribution in [3.05, 3.63) is 30.3 Å². The topological polar surface area (TPSA) is 29.1 Å². The Hall–Kier alpha value is -0.960. The molecule has 1 unspecified atom stereocenters. The monoisotopic (exact) mass is 251 g/mol. The summed E-state index contributed by atoms with van der Waals surface area (Å²) in [5.74, 6) is 1.47. The lowest BCUT2D eigenvalue weighted by atomic mass is 10.1. The van der Waals surface area contributed by atoms with Crippen LogP contribution in [0.2, 0.25) is 0 Å². The van der Waals surface area contributed by atoms with Crippen LogP contribution in [0.1, 0.15) is 27.2 Å². The molecule has 1 amide bonds. The molecule has 0 aliphatic heterocycles. The van der Waals surface area contributed by atoms with Crippen LogP contribution in [0.15, 0.2) is 35.2 Å². The summed E-state index contributed by atoms with van der Waals surface area (Å²) < 4.78 is 0. The molecule has 1 N–H and O–H groups in total. The Kier molecular flexibility index (Phi) is 6.12. The molecule has 94 valence electrons. The summed E-state index contributed by atoms with van der Waals surface area (Å²) in [6.45, 7) is 6.28. The van der Waals surface area contributed by atoms with E-state index in [9.17, 15) is 4.79 Å². The number of benzene rings is 1. The summed E-state index contributed by atoms with van der Waals surface area (Å²) in [5.41, 5.74) is 0. The quantitative estimate of drug-likeness (QED) is 0.786. The van der Waals surface area contributed by atoms with Gasteiger partial charge in [-0.15, -0.1) is 11.8 Å². The molecule has 0 saturated heterocycles. The summed E-state index contributed by atoms with van der Waals surface area (Å²) in [6.07, 6.45) is 0.580. The predicted molar refractivity (Wildman–Crippen MR) is 74.2 cm³/mol. The van der Waals surface area contributed by atoms with Crippen LogP contribution >= 0.6 is 11.8 Å². The van der Waals surface area contributed by atoms with E-state index in [2.05, 4.69) is 31.3 Å². The summed E-state index contributed by atoms with van der Waals surface area (Å²) >= 11 is 1.72. The molecule has 0 bridgehead atoms. The molecule has 1 aromatic carbocycles. The van der Waals surface area contributed by atoms with Gasteiger partial charge in [-0.05, 0) is 25.0 Å². The number of amides is 1. The van der Waals surface area contributed by atoms with E-state index in [1.54, 1.807) is 11.8 Å². The van der Waals surface area contributed by atoms with Crippen molar-refractivity contribution in [1.82, 2.24) is 5.32 Å². The van der Waals surface area contributed by atoms with Crippen LogP contribution in [0.4, 0.5) is 0 Å². The molecule has 2 nitrogen and oxygen atoms in total. The lowest BCUT2D eigenvalue weighted by Crippen LogP contribution is -2.36. The van der Waals surface area contributed by atoms with Gasteiger partial charge in [-0.3, -0.25) is 4.79 Å². The van der Waals surface area contributed by atoms with Crippen LogP contribution in [0.5, 0.6) is 0 Å². The largest absolute Gasteiger partial charge is 0.353 e. The van der Waals surface area contributed by atoms with Crippen LogP contribution in [0.3, 0.4) is 0 Å². The Labute approximate surface area is 108 Å². The minimum atomic E-state index is 0.148. The molecule has 3 heteroatoms. The fraction of sp³-hybridized carbons (Fsp3) is 0.500. The Balaban J connectivity index is 2.21. The first-order chi connectivity index (χ1) is 8.09. The summed E-state index contributed by atoms with van der Waals surface area (Å²) in [6, 6.07) is 10.4. The Morgan fingerprint density at radius 1 is 1.24 bits per heavy atom. The molecule has 0 aromatic heterocycles. The number of nitrogens with one attached hydrogen (secondary N) is 1. The number of hydrogen-bond donors (Lipinski definition) is 1. The van der Waals surface area contributed by atoms with Gasteiger partial charge in [0.2, 0.25) is 5.91 Å². The maximum atomic E-state index is 11.6. The van der Waals surface area contributed by atoms with Crippen LogP contribution in [-0.2, 0) is 4.79 Å². The van der Waals surface area contributed by atoms with Crippen LogP contribution in [0, 0.1) is 5.92 Å². The average Bonchev–Trinajstić information content (AvgIpc) is 2.30. The van der Waals surface area contributed by atoms with Crippen molar-refractivity contribution in [2.45, 2.75) is 38.1 Å². The zero-order valence-corrected chi connectivity index (χ0v) is 11.6. The molecule has 1 atom stereocenters. The minimum absolute atomic E-state index is 0.148. The lowest BCUT2D eigenvalue weighted by Gasteiger charge is -2.17. The normalized spacial score (nSPS) is 12.5. The van der Waals surface area contributed by atoms with E-state index in [4.69, 9.17) is 0 Å². The molecule has 0 radical (unpaired) electrons. The highest BCUT2D eigenvalue weighted by molar-refractivity contribution is 7.99. The Morgan fingerprint density at radius 2 is 1.88 bits per heavy atom. The van der Waals surface area contributed by atoms with Gasteiger partial charge in [0.1, 0.15) is 0 Å². The van der Waals surface area contributed by atoms with Gasteiger partial charge < -0.3 is 5.32 Å². The van der Waals surface area contributed by atoms with E-state index in [0.717, 1.165) is 5.75 Å². The van der Waals surface area contributed by atoms with Crippen molar-refractivity contribution < 1.29 is 4.79 Å². The van der Waals surface area contributed by atoms with Gasteiger partial charge >= 0.3 is 0 Å². The summed E-state index contributed by atoms with van der Waals surface area (Å²) in [4.78, 5) is 12.8. The molecule has 0 spiro atoms. The van der Waals surface area contributed by atoms with Gasteiger partial charge in [-0.25, -0.2) is 0 Å². The maximum Gasteiger partial charge on any atom is 0.221 e. The van der Waals surface area contributed by atoms with E-state index < -0.39 is 0 Å². The minimum Gasteiger partial charge on any atom is -0.353 e. The fourth-order valence-electron chi connectivity index (χ4n) is 1.27. The molecule has 0 aliphatic carbocycles. The Morgan fingerprint density at radius 3 is 2.47 bits per heavy atom. The number of thioether (sulfide) groups is 1. The average molecular weight is 251 g/mol. The standard InChI is InChI=1S/C14H21NOS/c1-11(2)12(3)15-14(16)9-10-17-13-7-5-4-6-8-13/h4-8,11-12H,9-10H2,1-3H3,(H,15,16). The second kappa shape index (κ2) is 7.38. The highest BCUT2D eigenvalue weighted by Crippen LogP contribution is 2.17. The molecule has 0 heterocycles. The van der Waals surface area contributed by atoms with Gasteiger partial charge in [0.25, 0.3) is 0 Å². The van der Waals surface area contributed by atoms with Gasteiger partial charge in [0.05, 0.1) is 0 Å². The molecule has 0 aliphatic rings. The number of carbonyl (C=O) groups is 1. The van der Waals surface area contributed by atoms with E-state index in [1.807, 2.05) is 25.1 Å². The van der Waals surface area contributed by atoms with Crippen LogP contribution in [0.25, 0.3) is 0 Å². The Bertz CT molecular complexity index is 337. The highest BCUT2D eigenvalue weighted by atomic mass is 32.2. The van der Waals surface area contributed by atoms with E-state index in [-0.39, 0.29) is 11.9 Å². The molecule has 1 rings (SSSR count). The van der Waals surface area contributed by atoms with E-state index >= 15 is 0 Å². The lowest BCUT2D eigenvalue weighted by molar-refractivity contribution is -0.121. The van der Waals surface area contributed by atoms with Crippen molar-refractivity contribution in [2.24, 2.45) is 5.92 Å². The highest BCUT2D eigenvalue weighted by Gasteiger charge is 2.10. The van der Waals surface area contributed by atoms with Gasteiger partial charge in [-0.2, -0.15) is 0 Å². The van der Waals surface area contributed by atoms with Crippen LogP contribution in [-0.4, -0.2) is 17.7 Å². The van der Waals surface area contributed by atoms with Crippen molar-refractivity contribution in [2.75, 3.05) is 5.75 Å². The second-order valence-electron chi connectivity index (χ2n) is 4.51. The first-order valence-electron chi connectivity index (χ1n) is 6.07. The fourth-order valence-corrected chi connectivity index (χ4v) is 2.14. The number of rotatable bonds is 6. The zero-order chi connectivity index (χ0) is 12.7. The predicted octanol–water partition coefficient (Wildman–Crippen LogP) is 3.33. The maximum absolute atomic E-state index is 11.6. The van der Waals surface area contributed by atoms with Crippen molar-refractivity contribution in [3.63, 3.8) is 0 Å². The molecule has 0 fully saturated rings. The molecule has 0 saturated carbocycles. The number of carbonyl (C=O) groups excluding carboxylic acids is 1. The van der Waals surface area contributed by atoms with Crippen molar-refractivity contribution >= 4 is 17.7 Å². The van der Waals surface area contributed by atoms with Gasteiger partial charge in [-0.1, -0.05) is 32.0 Å². The third-order valence-electron chi connectivity index (χ3n) is 2.73. The zero-order valence-electron chi connectivity index (χ0n) is 10.8. The summed E-state index contributed by atoms with van der Waals surface area (Å²) in [7, 11) is 0. The van der Waals surface area contributed by atoms with Crippen molar-refractivity contribution in [1.29, 1.82) is 0 Å². The molecular formula is C14H21NOS. The third kappa shape index (κ3) is 5.78. The SMILES string of the molecule is CC(C)C(C)NC(=O)CCSc1ccccc1.